The maximum atomic E-state index is 14.2. The second kappa shape index (κ2) is 24.9. The highest BCUT2D eigenvalue weighted by molar-refractivity contribution is 7.92. The Morgan fingerprint density at radius 3 is 2.28 bits per heavy atom. The quantitative estimate of drug-likeness (QED) is 0.0459. The molecule has 0 radical (unpaired) electrons. The lowest BCUT2D eigenvalue weighted by atomic mass is 9.85. The second-order valence-electron chi connectivity index (χ2n) is 21.4. The summed E-state index contributed by atoms with van der Waals surface area (Å²) < 4.78 is 32.6. The van der Waals surface area contributed by atoms with Crippen LogP contribution in [0.3, 0.4) is 0 Å². The van der Waals surface area contributed by atoms with Crippen LogP contribution in [0.4, 0.5) is 23.1 Å². The van der Waals surface area contributed by atoms with Gasteiger partial charge in [0, 0.05) is 45.4 Å². The third-order valence-electron chi connectivity index (χ3n) is 13.8. The number of carbonyl (C=O) groups excluding carboxylic acids is 4. The number of rotatable bonds is 20. The van der Waals surface area contributed by atoms with E-state index in [4.69, 9.17) is 16.3 Å². The van der Waals surface area contributed by atoms with Crippen LogP contribution in [0, 0.1) is 19.3 Å². The Kier molecular flexibility index (Phi) is 18.8. The fraction of sp³-hybridized carbons (Fsp3) is 0.482. The Labute approximate surface area is 455 Å². The Morgan fingerprint density at radius 1 is 0.921 bits per heavy atom. The number of aliphatic hydroxyl groups is 1. The van der Waals surface area contributed by atoms with E-state index in [2.05, 4.69) is 36.2 Å². The summed E-state index contributed by atoms with van der Waals surface area (Å²) in [6, 6.07) is 16.7. The van der Waals surface area contributed by atoms with Crippen molar-refractivity contribution in [3.8, 4) is 16.2 Å². The number of aromatic nitrogens is 3. The van der Waals surface area contributed by atoms with Gasteiger partial charge < -0.3 is 40.9 Å². The van der Waals surface area contributed by atoms with Gasteiger partial charge in [-0.05, 0) is 125 Å². The van der Waals surface area contributed by atoms with Crippen molar-refractivity contribution >= 4 is 79.5 Å². The zero-order chi connectivity index (χ0) is 55.1. The number of nitrogens with one attached hydrogen (secondary N) is 4. The molecule has 5 aromatic rings. The molecule has 0 unspecified atom stereocenters. The highest BCUT2D eigenvalue weighted by atomic mass is 35.5. The first-order chi connectivity index (χ1) is 36.0. The molecule has 0 saturated carbocycles. The Bertz CT molecular complexity index is 2990. The van der Waals surface area contributed by atoms with E-state index >= 15 is 0 Å². The van der Waals surface area contributed by atoms with E-state index in [1.54, 1.807) is 49.4 Å². The van der Waals surface area contributed by atoms with Gasteiger partial charge in [0.25, 0.3) is 0 Å². The molecule has 3 aromatic carbocycles. The van der Waals surface area contributed by atoms with Crippen molar-refractivity contribution in [3.63, 3.8) is 0 Å². The third kappa shape index (κ3) is 14.3. The summed E-state index contributed by atoms with van der Waals surface area (Å²) in [4.78, 5) is 72.4. The average Bonchev–Trinajstić information content (AvgIpc) is 4.00. The fourth-order valence-electron chi connectivity index (χ4n) is 9.60. The molecule has 0 spiro atoms. The van der Waals surface area contributed by atoms with Crippen LogP contribution in [-0.2, 0) is 35.6 Å². The van der Waals surface area contributed by atoms with Crippen LogP contribution in [0.25, 0.3) is 10.4 Å². The summed E-state index contributed by atoms with van der Waals surface area (Å²) in [7, 11) is -3.61. The molecule has 0 aliphatic carbocycles. The first kappa shape index (κ1) is 57.6. The van der Waals surface area contributed by atoms with E-state index in [-0.39, 0.29) is 83.8 Å². The van der Waals surface area contributed by atoms with E-state index in [1.165, 1.54) is 11.1 Å². The number of benzene rings is 3. The van der Waals surface area contributed by atoms with Gasteiger partial charge in [-0.15, -0.1) is 11.3 Å². The number of piperidine rings is 1. The zero-order valence-electron chi connectivity index (χ0n) is 44.9. The lowest BCUT2D eigenvalue weighted by molar-refractivity contribution is -0.144. The summed E-state index contributed by atoms with van der Waals surface area (Å²) in [5, 5.41) is 22.5. The molecule has 3 atom stereocenters. The molecule has 4 heterocycles. The SMILES string of the molecule is Cc1cc(Nc2ncc(Cl)c(Nc3ccccc3S(=O)(=O)C(C)C)n2)c(OC(C)C)cc1C1CCN(C(=O)CCCCC(=O)N[C@H](C(=O)N2C[C@H](O)C[C@H]2C(=O)NCc2ccc(-c3scnc3C)cc2)C(C)(C)C)CC1. The van der Waals surface area contributed by atoms with Crippen LogP contribution in [0.1, 0.15) is 122 Å². The van der Waals surface area contributed by atoms with Crippen LogP contribution >= 0.6 is 22.9 Å². The van der Waals surface area contributed by atoms with Gasteiger partial charge in [0.05, 0.1) is 56.0 Å². The number of thiazole rings is 1. The van der Waals surface area contributed by atoms with Crippen LogP contribution in [0.15, 0.2) is 77.3 Å². The number of ether oxygens (including phenoxy) is 1. The first-order valence-electron chi connectivity index (χ1n) is 26.0. The van der Waals surface area contributed by atoms with E-state index in [0.29, 0.717) is 43.1 Å². The predicted molar refractivity (Wildman–Crippen MR) is 298 cm³/mol. The standard InChI is InChI=1S/C56H72ClN9O8S2/c1-33(2)74-46-28-41(35(5)26-44(46)62-55-59-30-42(57)52(64-55)61-43-14-10-11-15-47(43)76(72,73)34(3)4)38-22-24-65(25-23-38)49(69)17-13-12-16-48(68)63-51(56(7,8)9)54(71)66-31-40(67)27-45(66)53(70)58-29-37-18-20-39(21-19-37)50-36(6)60-32-75-50/h10-11,14-15,18-21,26,28,30,32-34,38,40,45,51,67H,12-13,16-17,22-25,27,29,31H2,1-9H3,(H,58,70)(H,63,68)(H2,59,61,62,64)/t40-,45+,51-/m1/s1. The number of aryl methyl sites for hydroxylation is 2. The maximum absolute atomic E-state index is 14.2. The average molecular weight is 1100 g/mol. The monoisotopic (exact) mass is 1100 g/mol. The number of sulfone groups is 1. The van der Waals surface area contributed by atoms with Crippen molar-refractivity contribution in [2.75, 3.05) is 30.3 Å². The number of likely N-dealkylation sites (tertiary alicyclic amines) is 2. The number of carbonyl (C=O) groups is 4. The highest BCUT2D eigenvalue weighted by Crippen LogP contribution is 2.39. The van der Waals surface area contributed by atoms with Crippen LogP contribution in [0.2, 0.25) is 5.02 Å². The molecule has 4 amide bonds. The number of amides is 4. The zero-order valence-corrected chi connectivity index (χ0v) is 47.3. The van der Waals surface area contributed by atoms with Crippen molar-refractivity contribution in [1.29, 1.82) is 0 Å². The minimum absolute atomic E-state index is 0.0190. The molecule has 2 saturated heterocycles. The molecule has 408 valence electrons. The number of nitrogens with zero attached hydrogens (tertiary/aromatic N) is 5. The number of anilines is 4. The van der Waals surface area contributed by atoms with Crippen molar-refractivity contribution in [2.45, 2.75) is 154 Å². The van der Waals surface area contributed by atoms with Gasteiger partial charge in [0.1, 0.15) is 22.9 Å². The number of hydrogen-bond donors (Lipinski definition) is 5. The van der Waals surface area contributed by atoms with Crippen molar-refractivity contribution in [3.05, 3.63) is 99.8 Å². The van der Waals surface area contributed by atoms with Crippen LogP contribution in [-0.4, -0.2) is 111 Å². The maximum Gasteiger partial charge on any atom is 0.246 e. The first-order valence-corrected chi connectivity index (χ1v) is 28.8. The fourth-order valence-corrected chi connectivity index (χ4v) is 11.8. The van der Waals surface area contributed by atoms with Crippen molar-refractivity contribution in [1.82, 2.24) is 35.4 Å². The highest BCUT2D eigenvalue weighted by Gasteiger charge is 2.44. The summed E-state index contributed by atoms with van der Waals surface area (Å²) in [6.07, 6.45) is 3.38. The van der Waals surface area contributed by atoms with Gasteiger partial charge >= 0.3 is 0 Å². The number of hydrogen-bond acceptors (Lipinski definition) is 14. The van der Waals surface area contributed by atoms with Gasteiger partial charge in [-0.1, -0.05) is 68.8 Å². The molecule has 2 aromatic heterocycles. The van der Waals surface area contributed by atoms with Crippen LogP contribution < -0.4 is 26.0 Å². The Hall–Kier alpha value is -6.15. The molecule has 2 aliphatic heterocycles. The van der Waals surface area contributed by atoms with E-state index in [0.717, 1.165) is 45.7 Å². The van der Waals surface area contributed by atoms with Gasteiger partial charge in [-0.25, -0.2) is 18.4 Å². The van der Waals surface area contributed by atoms with Crippen LogP contribution in [0.5, 0.6) is 5.75 Å². The van der Waals surface area contributed by atoms with E-state index in [1.807, 2.05) is 95.3 Å². The lowest BCUT2D eigenvalue weighted by Gasteiger charge is -2.35. The minimum atomic E-state index is -3.61. The van der Waals surface area contributed by atoms with Gasteiger partial charge in [-0.2, -0.15) is 4.98 Å². The van der Waals surface area contributed by atoms with Gasteiger partial charge in [0.2, 0.25) is 29.6 Å². The smallest absolute Gasteiger partial charge is 0.246 e. The summed E-state index contributed by atoms with van der Waals surface area (Å²) in [5.41, 5.74) is 7.13. The number of unbranched alkanes of at least 4 members (excludes halogenated alkanes) is 1. The predicted octanol–water partition coefficient (Wildman–Crippen LogP) is 9.40. The minimum Gasteiger partial charge on any atom is -0.489 e. The van der Waals surface area contributed by atoms with Crippen molar-refractivity contribution < 1.29 is 37.4 Å². The molecule has 5 N–H and O–H groups in total. The summed E-state index contributed by atoms with van der Waals surface area (Å²) >= 11 is 8.09. The molecule has 76 heavy (non-hydrogen) atoms. The molecular formula is C56H72ClN9O8S2. The summed E-state index contributed by atoms with van der Waals surface area (Å²) in [5.74, 6) is 0.146. The molecule has 2 aliphatic rings. The Morgan fingerprint density at radius 2 is 1.62 bits per heavy atom. The number of halogens is 1. The second-order valence-corrected chi connectivity index (χ2v) is 25.1. The molecule has 0 bridgehead atoms. The number of para-hydroxylation sites is 1. The lowest BCUT2D eigenvalue weighted by Crippen LogP contribution is -2.57. The molecular weight excluding hydrogens is 1030 g/mol. The van der Waals surface area contributed by atoms with E-state index < -0.39 is 44.6 Å². The number of aliphatic hydroxyl groups excluding tert-OH is 1. The molecule has 20 heteroatoms. The topological polar surface area (TPSA) is 225 Å². The number of β-amino-alcohol motifs (C(OH)–C–C–N with tert-alkyl or cyclic N) is 1. The third-order valence-corrected chi connectivity index (χ3v) is 17.3. The molecule has 17 nitrogen and oxygen atoms in total. The molecule has 7 rings (SSSR count). The van der Waals surface area contributed by atoms with Gasteiger partial charge in [0.15, 0.2) is 15.7 Å². The largest absolute Gasteiger partial charge is 0.489 e. The summed E-state index contributed by atoms with van der Waals surface area (Å²) in [6.45, 7) is 18.1. The normalized spacial score (nSPS) is 16.7. The Balaban J connectivity index is 0.890. The molecule has 2 fully saturated rings. The van der Waals surface area contributed by atoms with E-state index in [9.17, 15) is 32.7 Å². The van der Waals surface area contributed by atoms with Crippen molar-refractivity contribution in [2.24, 2.45) is 5.41 Å². The van der Waals surface area contributed by atoms with Gasteiger partial charge in [-0.3, -0.25) is 19.2 Å².